The fraction of sp³-hybridized carbons (Fsp3) is 0.273. The largest absolute Gasteiger partial charge is 0.0937 e. The van der Waals surface area contributed by atoms with Crippen LogP contribution in [0.15, 0.2) is 139 Å². The number of hydrogen-bond donors (Lipinski definition) is 0. The van der Waals surface area contributed by atoms with Crippen LogP contribution in [0.25, 0.3) is 39.0 Å². The Morgan fingerprint density at radius 1 is 0.600 bits per heavy atom. The van der Waals surface area contributed by atoms with E-state index >= 15 is 0 Å². The lowest BCUT2D eigenvalue weighted by Gasteiger charge is -2.24. The first-order chi connectivity index (χ1) is 26.4. The maximum Gasteiger partial charge on any atom is 0.0349 e. The molecule has 5 aromatic carbocycles. The second kappa shape index (κ2) is 17.0. The minimum Gasteiger partial charge on any atom is -0.0937 e. The van der Waals surface area contributed by atoms with E-state index in [1.165, 1.54) is 89.0 Å². The molecule has 55 heavy (non-hydrogen) atoms. The van der Waals surface area contributed by atoms with Crippen LogP contribution in [0.2, 0.25) is 0 Å². The molecule has 8 rings (SSSR count). The van der Waals surface area contributed by atoms with Crippen LogP contribution < -0.4 is 0 Å². The van der Waals surface area contributed by atoms with Crippen molar-refractivity contribution in [3.63, 3.8) is 0 Å². The van der Waals surface area contributed by atoms with Crippen LogP contribution in [0, 0.1) is 32.6 Å². The Morgan fingerprint density at radius 3 is 1.78 bits per heavy atom. The summed E-state index contributed by atoms with van der Waals surface area (Å²) in [7, 11) is 0. The zero-order valence-electron chi connectivity index (χ0n) is 35.5. The number of hydrogen-bond acceptors (Lipinski definition) is 0. The summed E-state index contributed by atoms with van der Waals surface area (Å²) < 4.78 is 0. The van der Waals surface area contributed by atoms with Crippen molar-refractivity contribution in [2.24, 2.45) is 0 Å². The monoisotopic (exact) mass is 720 g/mol. The summed E-state index contributed by atoms with van der Waals surface area (Å²) in [6.07, 6.45) is 8.85. The average Bonchev–Trinajstić information content (AvgIpc) is 3.38. The minimum atomic E-state index is 0.0214. The van der Waals surface area contributed by atoms with E-state index in [1.54, 1.807) is 0 Å². The minimum absolute atomic E-state index is 0.0214. The normalized spacial score (nSPS) is 14.6. The summed E-state index contributed by atoms with van der Waals surface area (Å²) in [5.41, 5.74) is 23.1. The Hall–Kier alpha value is -5.38. The predicted octanol–water partition coefficient (Wildman–Crippen LogP) is 15.5. The summed E-state index contributed by atoms with van der Waals surface area (Å²) >= 11 is 0. The SMILES string of the molecule is C=C(/C=C(/C)c1ccccc1C)C1=CC=CC#CC1.CC.CC.Cc1ccc2c(c1-c1ccc3c(c1C)-c1ccccc1C3(C)C)-c1ccccc1C2(C)C. The number of benzene rings is 5. The molecule has 0 radical (unpaired) electrons. The van der Waals surface area contributed by atoms with Gasteiger partial charge in [-0.25, -0.2) is 0 Å². The Labute approximate surface area is 333 Å². The van der Waals surface area contributed by atoms with Gasteiger partial charge in [-0.1, -0.05) is 189 Å². The lowest BCUT2D eigenvalue weighted by Crippen LogP contribution is -2.15. The molecule has 0 bridgehead atoms. The van der Waals surface area contributed by atoms with Crippen LogP contribution in [0.4, 0.5) is 0 Å². The van der Waals surface area contributed by atoms with Gasteiger partial charge >= 0.3 is 0 Å². The molecule has 0 saturated carbocycles. The van der Waals surface area contributed by atoms with Crippen molar-refractivity contribution in [1.82, 2.24) is 0 Å². The highest BCUT2D eigenvalue weighted by Gasteiger charge is 2.39. The molecule has 3 aliphatic rings. The van der Waals surface area contributed by atoms with Gasteiger partial charge in [0, 0.05) is 17.3 Å². The third-order valence-electron chi connectivity index (χ3n) is 11.5. The van der Waals surface area contributed by atoms with E-state index in [2.05, 4.69) is 183 Å². The van der Waals surface area contributed by atoms with Crippen molar-refractivity contribution in [2.75, 3.05) is 0 Å². The topological polar surface area (TPSA) is 0 Å². The molecule has 5 aromatic rings. The van der Waals surface area contributed by atoms with Gasteiger partial charge in [0.25, 0.3) is 0 Å². The molecular formula is C55H60. The highest BCUT2D eigenvalue weighted by molar-refractivity contribution is 5.97. The third-order valence-corrected chi connectivity index (χ3v) is 11.5. The smallest absolute Gasteiger partial charge is 0.0349 e. The molecule has 280 valence electrons. The van der Waals surface area contributed by atoms with Gasteiger partial charge in [0.15, 0.2) is 0 Å². The molecule has 0 nitrogen and oxygen atoms in total. The van der Waals surface area contributed by atoms with E-state index in [0.29, 0.717) is 0 Å². The van der Waals surface area contributed by atoms with E-state index < -0.39 is 0 Å². The van der Waals surface area contributed by atoms with Gasteiger partial charge in [0.2, 0.25) is 0 Å². The molecule has 0 heteroatoms. The molecule has 3 aliphatic carbocycles. The van der Waals surface area contributed by atoms with Crippen molar-refractivity contribution in [2.45, 2.75) is 100 Å². The summed E-state index contributed by atoms with van der Waals surface area (Å²) in [6, 6.07) is 35.8. The van der Waals surface area contributed by atoms with Crippen molar-refractivity contribution < 1.29 is 0 Å². The zero-order valence-corrected chi connectivity index (χ0v) is 35.5. The highest BCUT2D eigenvalue weighted by Crippen LogP contribution is 2.56. The van der Waals surface area contributed by atoms with E-state index in [-0.39, 0.29) is 10.8 Å². The molecule has 0 N–H and O–H groups in total. The highest BCUT2D eigenvalue weighted by atomic mass is 14.4. The third kappa shape index (κ3) is 7.51. The zero-order chi connectivity index (χ0) is 40.1. The van der Waals surface area contributed by atoms with Gasteiger partial charge < -0.3 is 0 Å². The molecule has 0 atom stereocenters. The van der Waals surface area contributed by atoms with Gasteiger partial charge in [-0.15, -0.1) is 0 Å². The van der Waals surface area contributed by atoms with Gasteiger partial charge in [-0.3, -0.25) is 0 Å². The quantitative estimate of drug-likeness (QED) is 0.128. The Bertz CT molecular complexity index is 2380. The standard InChI is InChI=1S/C32H30.C19H18.2C2H6/c1-19-15-17-27-30(23-12-8-10-14-25(23)32(27,5)6)28(19)21-16-18-26-29(20(21)2)22-11-7-9-13-24(22)31(26,3)4;1-15-10-8-9-13-19(15)17(3)14-16(2)18-11-6-4-5-7-12-18;2*1-2/h7-18H,1-6H3;4,6,8-11,13-14H,2,12H2,1,3H3;2*1-2H3/b;17-14-;;. The van der Waals surface area contributed by atoms with Crippen LogP contribution in [0.3, 0.4) is 0 Å². The Balaban J connectivity index is 0.000000217. The lowest BCUT2D eigenvalue weighted by atomic mass is 9.79. The number of fused-ring (bicyclic) bond motifs is 6. The summed E-state index contributed by atoms with van der Waals surface area (Å²) in [4.78, 5) is 0. The van der Waals surface area contributed by atoms with E-state index in [9.17, 15) is 0 Å². The first-order valence-electron chi connectivity index (χ1n) is 20.2. The average molecular weight is 721 g/mol. The maximum absolute atomic E-state index is 4.17. The van der Waals surface area contributed by atoms with Gasteiger partial charge in [0.05, 0.1) is 0 Å². The van der Waals surface area contributed by atoms with E-state index in [1.807, 2.05) is 39.8 Å². The second-order valence-corrected chi connectivity index (χ2v) is 15.4. The Morgan fingerprint density at radius 2 is 1.15 bits per heavy atom. The first kappa shape index (κ1) is 40.8. The molecule has 0 spiro atoms. The number of allylic oxidation sites excluding steroid dienone is 7. The van der Waals surface area contributed by atoms with Gasteiger partial charge in [-0.2, -0.15) is 0 Å². The maximum atomic E-state index is 4.17. The molecule has 0 aromatic heterocycles. The molecular weight excluding hydrogens is 661 g/mol. The van der Waals surface area contributed by atoms with Gasteiger partial charge in [0.1, 0.15) is 0 Å². The van der Waals surface area contributed by atoms with Crippen LogP contribution in [-0.2, 0) is 10.8 Å². The van der Waals surface area contributed by atoms with Crippen LogP contribution in [0.1, 0.15) is 113 Å². The van der Waals surface area contributed by atoms with Crippen molar-refractivity contribution in [1.29, 1.82) is 0 Å². The number of rotatable bonds is 4. The fourth-order valence-electron chi connectivity index (χ4n) is 8.63. The summed E-state index contributed by atoms with van der Waals surface area (Å²) in [5.74, 6) is 6.09. The molecule has 0 unspecified atom stereocenters. The molecule has 0 aliphatic heterocycles. The van der Waals surface area contributed by atoms with Crippen LogP contribution in [-0.4, -0.2) is 0 Å². The molecule has 0 amide bonds. The van der Waals surface area contributed by atoms with Crippen LogP contribution in [0.5, 0.6) is 0 Å². The number of aryl methyl sites for hydroxylation is 2. The summed E-state index contributed by atoms with van der Waals surface area (Å²) in [5, 5.41) is 0. The van der Waals surface area contributed by atoms with E-state index in [4.69, 9.17) is 0 Å². The lowest BCUT2D eigenvalue weighted by molar-refractivity contribution is 0.660. The first-order valence-corrected chi connectivity index (χ1v) is 20.2. The van der Waals surface area contributed by atoms with Crippen molar-refractivity contribution in [3.8, 4) is 45.2 Å². The van der Waals surface area contributed by atoms with Crippen molar-refractivity contribution in [3.05, 3.63) is 184 Å². The second-order valence-electron chi connectivity index (χ2n) is 15.4. The molecule has 0 fully saturated rings. The Kier molecular flexibility index (Phi) is 12.6. The fourth-order valence-corrected chi connectivity index (χ4v) is 8.63. The molecule has 0 heterocycles. The van der Waals surface area contributed by atoms with Crippen LogP contribution >= 0.6 is 0 Å². The van der Waals surface area contributed by atoms with Crippen molar-refractivity contribution >= 4 is 5.57 Å². The molecule has 0 saturated heterocycles. The van der Waals surface area contributed by atoms with Gasteiger partial charge in [-0.05, 0) is 128 Å². The summed E-state index contributed by atoms with van der Waals surface area (Å²) in [6.45, 7) is 30.5. The predicted molar refractivity (Wildman–Crippen MR) is 243 cm³/mol. The van der Waals surface area contributed by atoms with E-state index in [0.717, 1.165) is 12.0 Å².